The van der Waals surface area contributed by atoms with E-state index < -0.39 is 10.0 Å². The highest BCUT2D eigenvalue weighted by molar-refractivity contribution is 7.89. The molecule has 1 atom stereocenters. The first kappa shape index (κ1) is 15.4. The Morgan fingerprint density at radius 1 is 1.35 bits per heavy atom. The van der Waals surface area contributed by atoms with Gasteiger partial charge in [0, 0.05) is 25.7 Å². The van der Waals surface area contributed by atoms with E-state index in [0.29, 0.717) is 29.1 Å². The lowest BCUT2D eigenvalue weighted by molar-refractivity contribution is 0.159. The molecule has 0 radical (unpaired) electrons. The van der Waals surface area contributed by atoms with Gasteiger partial charge in [-0.15, -0.1) is 0 Å². The number of aliphatic hydroxyl groups excluding tert-OH is 1. The van der Waals surface area contributed by atoms with E-state index in [-0.39, 0.29) is 12.6 Å². The minimum Gasteiger partial charge on any atom is -0.392 e. The van der Waals surface area contributed by atoms with Crippen LogP contribution in [0.15, 0.2) is 23.1 Å². The molecule has 0 bridgehead atoms. The van der Waals surface area contributed by atoms with Gasteiger partial charge in [-0.1, -0.05) is 12.1 Å². The maximum Gasteiger partial charge on any atom is 0.243 e. The molecule has 112 valence electrons. The number of sulfonamides is 1. The second kappa shape index (κ2) is 5.81. The Balaban J connectivity index is 2.36. The molecule has 6 heteroatoms. The summed E-state index contributed by atoms with van der Waals surface area (Å²) in [5.74, 6) is 0. The van der Waals surface area contributed by atoms with Gasteiger partial charge in [-0.25, -0.2) is 8.42 Å². The minimum absolute atomic E-state index is 0.145. The fraction of sp³-hybridized carbons (Fsp3) is 0.571. The number of rotatable bonds is 3. The summed E-state index contributed by atoms with van der Waals surface area (Å²) in [4.78, 5) is 2.46. The average Bonchev–Trinajstić information content (AvgIpc) is 2.41. The Kier molecular flexibility index (Phi) is 4.49. The van der Waals surface area contributed by atoms with Crippen LogP contribution < -0.4 is 0 Å². The second-order valence-electron chi connectivity index (χ2n) is 5.39. The van der Waals surface area contributed by atoms with E-state index in [4.69, 9.17) is 0 Å². The SMILES string of the molecule is Cc1c(CO)cccc1S(=O)(=O)N1CCN(C)C(C)C1. The third-order valence-corrected chi connectivity index (χ3v) is 6.12. The molecule has 2 rings (SSSR count). The molecule has 1 aromatic carbocycles. The van der Waals surface area contributed by atoms with E-state index in [1.165, 1.54) is 0 Å². The number of hydrogen-bond donors (Lipinski definition) is 1. The first-order valence-electron chi connectivity index (χ1n) is 6.77. The number of likely N-dealkylation sites (N-methyl/N-ethyl adjacent to an activating group) is 1. The van der Waals surface area contributed by atoms with Gasteiger partial charge >= 0.3 is 0 Å². The molecule has 1 heterocycles. The Labute approximate surface area is 120 Å². The maximum absolute atomic E-state index is 12.8. The summed E-state index contributed by atoms with van der Waals surface area (Å²) in [5.41, 5.74) is 1.30. The Bertz CT molecular complexity index is 586. The normalized spacial score (nSPS) is 22.1. The molecule has 0 aromatic heterocycles. The number of piperazine rings is 1. The van der Waals surface area contributed by atoms with Crippen molar-refractivity contribution < 1.29 is 13.5 Å². The van der Waals surface area contributed by atoms with Gasteiger partial charge in [0.15, 0.2) is 0 Å². The summed E-state index contributed by atoms with van der Waals surface area (Å²) in [7, 11) is -1.48. The fourth-order valence-electron chi connectivity index (χ4n) is 2.48. The summed E-state index contributed by atoms with van der Waals surface area (Å²) in [6.45, 7) is 5.37. The zero-order valence-electron chi connectivity index (χ0n) is 12.2. The Morgan fingerprint density at radius 2 is 2.05 bits per heavy atom. The molecule has 0 aliphatic carbocycles. The highest BCUT2D eigenvalue weighted by Crippen LogP contribution is 2.24. The van der Waals surface area contributed by atoms with Crippen LogP contribution in [0.1, 0.15) is 18.1 Å². The van der Waals surface area contributed by atoms with Crippen molar-refractivity contribution in [3.05, 3.63) is 29.3 Å². The van der Waals surface area contributed by atoms with Crippen LogP contribution in [0, 0.1) is 6.92 Å². The van der Waals surface area contributed by atoms with Crippen molar-refractivity contribution in [2.45, 2.75) is 31.4 Å². The molecule has 5 nitrogen and oxygen atoms in total. The summed E-state index contributed by atoms with van der Waals surface area (Å²) in [6, 6.07) is 5.26. The number of aliphatic hydroxyl groups is 1. The average molecular weight is 298 g/mol. The molecule has 1 aromatic rings. The van der Waals surface area contributed by atoms with Crippen molar-refractivity contribution in [1.82, 2.24) is 9.21 Å². The largest absolute Gasteiger partial charge is 0.392 e. The molecular formula is C14H22N2O3S. The van der Waals surface area contributed by atoms with Crippen molar-refractivity contribution in [3.63, 3.8) is 0 Å². The van der Waals surface area contributed by atoms with E-state index in [0.717, 1.165) is 6.54 Å². The van der Waals surface area contributed by atoms with Crippen LogP contribution in [0.2, 0.25) is 0 Å². The summed E-state index contributed by atoms with van der Waals surface area (Å²) in [6.07, 6.45) is 0. The molecule has 0 spiro atoms. The van der Waals surface area contributed by atoms with Crippen molar-refractivity contribution in [1.29, 1.82) is 0 Å². The quantitative estimate of drug-likeness (QED) is 0.897. The van der Waals surface area contributed by atoms with Crippen LogP contribution in [0.5, 0.6) is 0 Å². The maximum atomic E-state index is 12.8. The van der Waals surface area contributed by atoms with Gasteiger partial charge in [0.05, 0.1) is 11.5 Å². The highest BCUT2D eigenvalue weighted by atomic mass is 32.2. The van der Waals surface area contributed by atoms with Gasteiger partial charge < -0.3 is 10.0 Å². The standard InChI is InChI=1S/C14H22N2O3S/c1-11-9-16(8-7-15(11)3)20(18,19)14-6-4-5-13(10-17)12(14)2/h4-6,11,17H,7-10H2,1-3H3. The predicted molar refractivity (Wildman–Crippen MR) is 78.0 cm³/mol. The molecule has 1 unspecified atom stereocenters. The van der Waals surface area contributed by atoms with E-state index in [9.17, 15) is 13.5 Å². The highest BCUT2D eigenvalue weighted by Gasteiger charge is 2.31. The van der Waals surface area contributed by atoms with E-state index in [1.54, 1.807) is 29.4 Å². The summed E-state index contributed by atoms with van der Waals surface area (Å²) < 4.78 is 27.1. The lowest BCUT2D eigenvalue weighted by Crippen LogP contribution is -2.51. The third kappa shape index (κ3) is 2.74. The van der Waals surface area contributed by atoms with Crippen molar-refractivity contribution in [2.75, 3.05) is 26.7 Å². The first-order chi connectivity index (χ1) is 9.37. The Hall–Kier alpha value is -0.950. The van der Waals surface area contributed by atoms with Crippen LogP contribution in [-0.2, 0) is 16.6 Å². The number of nitrogens with zero attached hydrogens (tertiary/aromatic N) is 2. The van der Waals surface area contributed by atoms with E-state index in [1.807, 2.05) is 14.0 Å². The fourth-order valence-corrected chi connectivity index (χ4v) is 4.26. The zero-order valence-corrected chi connectivity index (χ0v) is 13.0. The van der Waals surface area contributed by atoms with E-state index >= 15 is 0 Å². The second-order valence-corrected chi connectivity index (χ2v) is 7.30. The molecule has 1 N–H and O–H groups in total. The summed E-state index contributed by atoms with van der Waals surface area (Å²) in [5, 5.41) is 9.28. The minimum atomic E-state index is -3.49. The first-order valence-corrected chi connectivity index (χ1v) is 8.21. The van der Waals surface area contributed by atoms with Crippen LogP contribution in [0.25, 0.3) is 0 Å². The molecule has 20 heavy (non-hydrogen) atoms. The Morgan fingerprint density at radius 3 is 2.65 bits per heavy atom. The van der Waals surface area contributed by atoms with Gasteiger partial charge in [0.25, 0.3) is 0 Å². The monoisotopic (exact) mass is 298 g/mol. The van der Waals surface area contributed by atoms with Crippen LogP contribution in [0.3, 0.4) is 0 Å². The number of hydrogen-bond acceptors (Lipinski definition) is 4. The molecule has 0 amide bonds. The summed E-state index contributed by atoms with van der Waals surface area (Å²) >= 11 is 0. The van der Waals surface area contributed by atoms with Gasteiger partial charge in [0.1, 0.15) is 0 Å². The van der Waals surface area contributed by atoms with Crippen molar-refractivity contribution in [3.8, 4) is 0 Å². The molecule has 1 aliphatic heterocycles. The van der Waals surface area contributed by atoms with Gasteiger partial charge in [-0.05, 0) is 38.1 Å². The molecular weight excluding hydrogens is 276 g/mol. The predicted octanol–water partition coefficient (Wildman–Crippen LogP) is 0.812. The van der Waals surface area contributed by atoms with Gasteiger partial charge in [-0.2, -0.15) is 4.31 Å². The lowest BCUT2D eigenvalue weighted by atomic mass is 10.1. The third-order valence-electron chi connectivity index (χ3n) is 4.11. The molecule has 1 aliphatic rings. The number of benzene rings is 1. The van der Waals surface area contributed by atoms with E-state index in [2.05, 4.69) is 4.90 Å². The van der Waals surface area contributed by atoms with Gasteiger partial charge in [0.2, 0.25) is 10.0 Å². The molecule has 0 saturated carbocycles. The van der Waals surface area contributed by atoms with Crippen LogP contribution >= 0.6 is 0 Å². The smallest absolute Gasteiger partial charge is 0.243 e. The van der Waals surface area contributed by atoms with Crippen molar-refractivity contribution >= 4 is 10.0 Å². The zero-order chi connectivity index (χ0) is 14.9. The van der Waals surface area contributed by atoms with Crippen molar-refractivity contribution in [2.24, 2.45) is 0 Å². The molecule has 1 fully saturated rings. The van der Waals surface area contributed by atoms with Gasteiger partial charge in [-0.3, -0.25) is 0 Å². The van der Waals surface area contributed by atoms with Crippen LogP contribution in [-0.4, -0.2) is 55.5 Å². The molecule has 1 saturated heterocycles. The lowest BCUT2D eigenvalue weighted by Gasteiger charge is -2.37. The van der Waals surface area contributed by atoms with Crippen LogP contribution in [0.4, 0.5) is 0 Å². The topological polar surface area (TPSA) is 60.9 Å².